The Balaban J connectivity index is 1.83. The van der Waals surface area contributed by atoms with Crippen LogP contribution in [-0.2, 0) is 9.73 Å². The highest BCUT2D eigenvalue weighted by Gasteiger charge is 2.27. The molecular formula is C26H25N3O4S. The van der Waals surface area contributed by atoms with Crippen LogP contribution in [-0.4, -0.2) is 38.1 Å². The standard InChI is InChI=1S/C26H25N3O4S/c1-26(2,3)29(25(31)32)22-14-12-19(13-15-22)10-11-20-16-21(18-27-17-20)24(30)28-34(4,33)23-8-6-5-7-9-23/h5-9,12-18H,1-4H3,(H,31,32)/t34-/m0/s1. The van der Waals surface area contributed by atoms with Crippen molar-refractivity contribution in [1.29, 1.82) is 0 Å². The minimum absolute atomic E-state index is 0.190. The smallest absolute Gasteiger partial charge is 0.412 e. The fraction of sp³-hybridized carbons (Fsp3) is 0.192. The van der Waals surface area contributed by atoms with E-state index in [1.807, 2.05) is 20.8 Å². The number of amides is 2. The summed E-state index contributed by atoms with van der Waals surface area (Å²) in [6.45, 7) is 5.46. The molecule has 8 heteroatoms. The molecule has 0 unspecified atom stereocenters. The van der Waals surface area contributed by atoms with Crippen molar-refractivity contribution in [2.45, 2.75) is 31.2 Å². The first-order valence-corrected chi connectivity index (χ1v) is 12.3. The summed E-state index contributed by atoms with van der Waals surface area (Å²) in [5.41, 5.74) is 1.31. The van der Waals surface area contributed by atoms with Gasteiger partial charge < -0.3 is 5.11 Å². The Morgan fingerprint density at radius 1 is 0.971 bits per heavy atom. The molecule has 0 saturated carbocycles. The van der Waals surface area contributed by atoms with Crippen molar-refractivity contribution < 1.29 is 18.9 Å². The number of aromatic nitrogens is 1. The quantitative estimate of drug-likeness (QED) is 0.534. The molecule has 0 saturated heterocycles. The SMILES string of the molecule is CC(C)(C)N(C(=O)O)c1ccc(C#Cc2cncc(C(=O)N=[S@@](C)(=O)c3ccccc3)c2)cc1. The van der Waals surface area contributed by atoms with E-state index in [4.69, 9.17) is 0 Å². The Morgan fingerprint density at radius 3 is 2.18 bits per heavy atom. The summed E-state index contributed by atoms with van der Waals surface area (Å²) in [4.78, 5) is 30.1. The average Bonchev–Trinajstić information content (AvgIpc) is 2.78. The van der Waals surface area contributed by atoms with Crippen molar-refractivity contribution in [3.63, 3.8) is 0 Å². The number of pyridine rings is 1. The molecule has 0 aliphatic carbocycles. The molecule has 3 aromatic rings. The van der Waals surface area contributed by atoms with Gasteiger partial charge in [0.15, 0.2) is 0 Å². The van der Waals surface area contributed by atoms with Crippen molar-refractivity contribution in [2.24, 2.45) is 4.36 Å². The van der Waals surface area contributed by atoms with E-state index in [1.165, 1.54) is 23.5 Å². The van der Waals surface area contributed by atoms with E-state index < -0.39 is 27.3 Å². The predicted molar refractivity (Wildman–Crippen MR) is 132 cm³/mol. The fourth-order valence-corrected chi connectivity index (χ4v) is 4.37. The summed E-state index contributed by atoms with van der Waals surface area (Å²) < 4.78 is 16.8. The number of rotatable bonds is 3. The van der Waals surface area contributed by atoms with Gasteiger partial charge in [0.1, 0.15) is 0 Å². The van der Waals surface area contributed by atoms with E-state index in [9.17, 15) is 18.9 Å². The van der Waals surface area contributed by atoms with Crippen LogP contribution in [0.25, 0.3) is 0 Å². The van der Waals surface area contributed by atoms with Gasteiger partial charge in [0.2, 0.25) is 0 Å². The summed E-state index contributed by atoms with van der Waals surface area (Å²) in [7, 11) is -2.89. The molecular weight excluding hydrogens is 450 g/mol. The van der Waals surface area contributed by atoms with E-state index in [-0.39, 0.29) is 5.56 Å². The van der Waals surface area contributed by atoms with Crippen molar-refractivity contribution in [3.05, 3.63) is 89.7 Å². The van der Waals surface area contributed by atoms with Gasteiger partial charge in [-0.3, -0.25) is 14.7 Å². The summed E-state index contributed by atoms with van der Waals surface area (Å²) in [6.07, 6.45) is 3.27. The topological polar surface area (TPSA) is 99.9 Å². The number of hydrogen-bond donors (Lipinski definition) is 1. The minimum atomic E-state index is -2.89. The minimum Gasteiger partial charge on any atom is -0.465 e. The lowest BCUT2D eigenvalue weighted by Gasteiger charge is -2.33. The first kappa shape index (κ1) is 24.7. The van der Waals surface area contributed by atoms with Gasteiger partial charge in [-0.05, 0) is 63.2 Å². The predicted octanol–water partition coefficient (Wildman–Crippen LogP) is 5.06. The number of hydrogen-bond acceptors (Lipinski definition) is 4. The highest BCUT2D eigenvalue weighted by Crippen LogP contribution is 2.24. The van der Waals surface area contributed by atoms with Gasteiger partial charge in [-0.15, -0.1) is 0 Å². The molecule has 34 heavy (non-hydrogen) atoms. The molecule has 1 atom stereocenters. The number of benzene rings is 2. The monoisotopic (exact) mass is 475 g/mol. The van der Waals surface area contributed by atoms with E-state index in [0.717, 1.165) is 0 Å². The lowest BCUT2D eigenvalue weighted by Crippen LogP contribution is -2.45. The van der Waals surface area contributed by atoms with E-state index in [0.29, 0.717) is 21.7 Å². The number of anilines is 1. The molecule has 0 aliphatic rings. The van der Waals surface area contributed by atoms with Crippen LogP contribution < -0.4 is 4.90 Å². The van der Waals surface area contributed by atoms with Gasteiger partial charge in [-0.25, -0.2) is 9.00 Å². The summed E-state index contributed by atoms with van der Waals surface area (Å²) in [6, 6.07) is 17.0. The number of carbonyl (C=O) groups is 2. The van der Waals surface area contributed by atoms with Crippen LogP contribution in [0.2, 0.25) is 0 Å². The molecule has 7 nitrogen and oxygen atoms in total. The Kier molecular flexibility index (Phi) is 7.18. The first-order valence-electron chi connectivity index (χ1n) is 10.4. The molecule has 0 fully saturated rings. The zero-order valence-electron chi connectivity index (χ0n) is 19.4. The maximum atomic E-state index is 12.9. The molecule has 1 N–H and O–H groups in total. The van der Waals surface area contributed by atoms with Crippen LogP contribution in [0, 0.1) is 11.8 Å². The number of carbonyl (C=O) groups excluding carboxylic acids is 1. The van der Waals surface area contributed by atoms with Gasteiger partial charge in [0.25, 0.3) is 5.91 Å². The van der Waals surface area contributed by atoms with Crippen molar-refractivity contribution in [2.75, 3.05) is 11.2 Å². The lowest BCUT2D eigenvalue weighted by atomic mass is 10.0. The third-order valence-electron chi connectivity index (χ3n) is 4.76. The Labute approximate surface area is 199 Å². The third kappa shape index (κ3) is 6.09. The summed E-state index contributed by atoms with van der Waals surface area (Å²) in [5.74, 6) is 5.29. The highest BCUT2D eigenvalue weighted by molar-refractivity contribution is 7.93. The Bertz CT molecular complexity index is 1390. The second-order valence-corrected chi connectivity index (χ2v) is 10.8. The molecule has 2 amide bonds. The van der Waals surface area contributed by atoms with Crippen molar-refractivity contribution in [1.82, 2.24) is 4.98 Å². The van der Waals surface area contributed by atoms with Gasteiger partial charge in [-0.2, -0.15) is 4.36 Å². The van der Waals surface area contributed by atoms with Crippen LogP contribution in [0.1, 0.15) is 42.3 Å². The second-order valence-electron chi connectivity index (χ2n) is 8.56. The molecule has 0 radical (unpaired) electrons. The first-order chi connectivity index (χ1) is 16.0. The third-order valence-corrected chi connectivity index (χ3v) is 6.42. The van der Waals surface area contributed by atoms with E-state index in [1.54, 1.807) is 60.7 Å². The van der Waals surface area contributed by atoms with Gasteiger partial charge in [0.05, 0.1) is 15.3 Å². The molecule has 3 rings (SSSR count). The summed E-state index contributed by atoms with van der Waals surface area (Å²) >= 11 is 0. The van der Waals surface area contributed by atoms with E-state index >= 15 is 0 Å². The molecule has 1 aromatic heterocycles. The average molecular weight is 476 g/mol. The fourth-order valence-electron chi connectivity index (χ4n) is 3.18. The van der Waals surface area contributed by atoms with Crippen LogP contribution in [0.4, 0.5) is 10.5 Å². The van der Waals surface area contributed by atoms with Crippen LogP contribution in [0.5, 0.6) is 0 Å². The maximum absolute atomic E-state index is 12.9. The van der Waals surface area contributed by atoms with Crippen LogP contribution >= 0.6 is 0 Å². The number of nitrogens with zero attached hydrogens (tertiary/aromatic N) is 3. The van der Waals surface area contributed by atoms with Gasteiger partial charge in [-0.1, -0.05) is 30.0 Å². The van der Waals surface area contributed by atoms with Crippen LogP contribution in [0.3, 0.4) is 0 Å². The molecule has 0 bridgehead atoms. The zero-order chi connectivity index (χ0) is 24.9. The summed E-state index contributed by atoms with van der Waals surface area (Å²) in [5, 5.41) is 9.53. The molecule has 0 aliphatic heterocycles. The van der Waals surface area contributed by atoms with Gasteiger partial charge in [0, 0.05) is 45.9 Å². The lowest BCUT2D eigenvalue weighted by molar-refractivity contribution is 0.100. The number of carboxylic acid groups (broad SMARTS) is 1. The molecule has 2 aromatic carbocycles. The van der Waals surface area contributed by atoms with Gasteiger partial charge >= 0.3 is 6.09 Å². The zero-order valence-corrected chi connectivity index (χ0v) is 20.2. The molecule has 0 spiro atoms. The normalized spacial score (nSPS) is 12.6. The Morgan fingerprint density at radius 2 is 1.59 bits per heavy atom. The molecule has 1 heterocycles. The molecule has 174 valence electrons. The van der Waals surface area contributed by atoms with E-state index in [2.05, 4.69) is 21.2 Å². The maximum Gasteiger partial charge on any atom is 0.412 e. The highest BCUT2D eigenvalue weighted by atomic mass is 32.2. The van der Waals surface area contributed by atoms with Crippen molar-refractivity contribution in [3.8, 4) is 11.8 Å². The largest absolute Gasteiger partial charge is 0.465 e. The Hall–Kier alpha value is -3.96. The van der Waals surface area contributed by atoms with Crippen LogP contribution in [0.15, 0.2) is 82.3 Å². The second kappa shape index (κ2) is 9.89. The van der Waals surface area contributed by atoms with Crippen molar-refractivity contribution >= 4 is 27.4 Å².